The first-order chi connectivity index (χ1) is 19.9. The molecule has 1 aliphatic carbocycles. The number of hydrogen-bond donors (Lipinski definition) is 1. The molecule has 12 heteroatoms. The van der Waals surface area contributed by atoms with Crippen molar-refractivity contribution in [3.63, 3.8) is 0 Å². The first kappa shape index (κ1) is 29.8. The first-order valence-corrected chi connectivity index (χ1v) is 13.6. The van der Waals surface area contributed by atoms with Gasteiger partial charge in [-0.1, -0.05) is 5.92 Å². The Morgan fingerprint density at radius 1 is 1.22 bits per heavy atom. The molecule has 2 aromatic heterocycles. The van der Waals surface area contributed by atoms with Crippen LogP contribution in [0.15, 0.2) is 46.7 Å². The van der Waals surface area contributed by atoms with E-state index in [1.807, 2.05) is 0 Å². The van der Waals surface area contributed by atoms with Gasteiger partial charge in [-0.2, -0.15) is 0 Å². The number of ether oxygens (including phenoxy) is 1. The number of alkyl halides is 2. The van der Waals surface area contributed by atoms with Gasteiger partial charge < -0.3 is 15.4 Å². The summed E-state index contributed by atoms with van der Waals surface area (Å²) in [4.78, 5) is 44.1. The van der Waals surface area contributed by atoms with E-state index in [4.69, 9.17) is 4.74 Å². The molecule has 0 atom stereocenters. The maximum absolute atomic E-state index is 13.7. The second kappa shape index (κ2) is 13.4. The third-order valence-corrected chi connectivity index (χ3v) is 7.15. The van der Waals surface area contributed by atoms with Crippen LogP contribution in [0, 0.1) is 17.8 Å². The number of halogens is 2. The van der Waals surface area contributed by atoms with Crippen molar-refractivity contribution >= 4 is 41.0 Å². The lowest BCUT2D eigenvalue weighted by Crippen LogP contribution is -2.23. The fraction of sp³-hybridized carbons (Fsp3) is 0.310. The van der Waals surface area contributed by atoms with Crippen molar-refractivity contribution in [1.82, 2.24) is 15.0 Å². The molecule has 0 bridgehead atoms. The summed E-state index contributed by atoms with van der Waals surface area (Å²) < 4.78 is 32.6. The Morgan fingerprint density at radius 3 is 2.63 bits per heavy atom. The van der Waals surface area contributed by atoms with E-state index in [1.54, 1.807) is 23.1 Å². The lowest BCUT2D eigenvalue weighted by atomic mass is 9.98. The Labute approximate surface area is 240 Å². The molecule has 5 rings (SSSR count). The molecule has 2 N–H and O–H groups in total. The van der Waals surface area contributed by atoms with E-state index < -0.39 is 17.2 Å². The number of nitrogens with two attached hydrogens (primary N) is 1. The summed E-state index contributed by atoms with van der Waals surface area (Å²) in [5.74, 6) is 6.78. The number of anilines is 1. The lowest BCUT2D eigenvalue weighted by Gasteiger charge is -2.19. The number of benzene rings is 1. The van der Waals surface area contributed by atoms with Gasteiger partial charge in [0.25, 0.3) is 6.43 Å². The van der Waals surface area contributed by atoms with Gasteiger partial charge in [0.15, 0.2) is 10.8 Å². The number of aromatic nitrogens is 3. The normalized spacial score (nSPS) is 14.2. The predicted octanol–water partition coefficient (Wildman–Crippen LogP) is 5.21. The van der Waals surface area contributed by atoms with Crippen LogP contribution in [0.3, 0.4) is 0 Å². The van der Waals surface area contributed by atoms with Crippen LogP contribution in [0.25, 0.3) is 11.1 Å². The number of pyridine rings is 1. The minimum Gasteiger partial charge on any atom is -0.494 e. The van der Waals surface area contributed by atoms with Crippen molar-refractivity contribution in [2.75, 3.05) is 25.6 Å². The number of hydrogen-bond acceptors (Lipinski definition) is 9. The smallest absolute Gasteiger partial charge is 0.280 e. The molecule has 41 heavy (non-hydrogen) atoms. The van der Waals surface area contributed by atoms with E-state index in [0.29, 0.717) is 42.2 Å². The van der Waals surface area contributed by atoms with Gasteiger partial charge in [0.2, 0.25) is 11.0 Å². The summed E-state index contributed by atoms with van der Waals surface area (Å²) in [6, 6.07) is 6.07. The third-order valence-electron chi connectivity index (χ3n) is 6.27. The van der Waals surface area contributed by atoms with Crippen LogP contribution in [-0.2, 0) is 4.79 Å². The van der Waals surface area contributed by atoms with Gasteiger partial charge in [0, 0.05) is 35.7 Å². The third kappa shape index (κ3) is 6.93. The Hall–Kier alpha value is -4.21. The van der Waals surface area contributed by atoms with Crippen molar-refractivity contribution < 1.29 is 23.1 Å². The fourth-order valence-electron chi connectivity index (χ4n) is 4.12. The molecule has 3 aromatic rings. The monoisotopic (exact) mass is 578 g/mol. The largest absolute Gasteiger partial charge is 0.494 e. The molecule has 1 amide bonds. The standard InChI is InChI=1S/C28H23F2N5O3S.CH5N/c1-31-26-27(34-17(14-33-26)8-7-16-5-6-16)39-28(37)19-10-9-18(35-11-3-4-24(35)36)12-20(19)21-13-22(25(29)30)32-15-23(21)38-2;1-2/h9-10,12-16,25H,1,3-6,11H2,2H3;2H2,1H3. The molecular formula is C29H28F2N6O3S. The van der Waals surface area contributed by atoms with Crippen molar-refractivity contribution in [2.45, 2.75) is 37.1 Å². The highest BCUT2D eigenvalue weighted by Crippen LogP contribution is 2.40. The highest BCUT2D eigenvalue weighted by Gasteiger charge is 2.26. The molecule has 0 unspecified atom stereocenters. The zero-order chi connectivity index (χ0) is 29.5. The minimum absolute atomic E-state index is 0.0505. The van der Waals surface area contributed by atoms with Crippen molar-refractivity contribution in [2.24, 2.45) is 16.6 Å². The second-order valence-corrected chi connectivity index (χ2v) is 9.93. The molecule has 1 saturated carbocycles. The maximum atomic E-state index is 13.7. The summed E-state index contributed by atoms with van der Waals surface area (Å²) in [7, 11) is 2.89. The van der Waals surface area contributed by atoms with E-state index in [2.05, 4.69) is 44.2 Å². The van der Waals surface area contributed by atoms with Gasteiger partial charge in [-0.25, -0.2) is 23.7 Å². The van der Waals surface area contributed by atoms with Gasteiger partial charge >= 0.3 is 0 Å². The molecular weight excluding hydrogens is 550 g/mol. The molecule has 2 fully saturated rings. The zero-order valence-corrected chi connectivity index (χ0v) is 23.4. The minimum atomic E-state index is -2.83. The van der Waals surface area contributed by atoms with Gasteiger partial charge in [0.1, 0.15) is 17.1 Å². The van der Waals surface area contributed by atoms with E-state index in [0.717, 1.165) is 24.6 Å². The van der Waals surface area contributed by atoms with Gasteiger partial charge in [-0.15, -0.1) is 0 Å². The van der Waals surface area contributed by atoms with E-state index in [9.17, 15) is 18.4 Å². The highest BCUT2D eigenvalue weighted by molar-refractivity contribution is 8.14. The number of aliphatic imine (C=N–C) groups is 1. The number of thioether (sulfide) groups is 1. The maximum Gasteiger partial charge on any atom is 0.280 e. The first-order valence-electron chi connectivity index (χ1n) is 12.8. The molecule has 0 radical (unpaired) electrons. The van der Waals surface area contributed by atoms with Crippen molar-refractivity contribution in [3.8, 4) is 28.7 Å². The van der Waals surface area contributed by atoms with Crippen LogP contribution in [0.1, 0.15) is 53.9 Å². The molecule has 3 heterocycles. The van der Waals surface area contributed by atoms with Gasteiger partial charge in [-0.3, -0.25) is 14.6 Å². The van der Waals surface area contributed by atoms with Gasteiger partial charge in [0.05, 0.1) is 19.5 Å². The number of nitrogens with zero attached hydrogens (tertiary/aromatic N) is 5. The highest BCUT2D eigenvalue weighted by atomic mass is 32.2. The topological polar surface area (TPSA) is 124 Å². The number of amides is 1. The second-order valence-electron chi connectivity index (χ2n) is 8.96. The average molecular weight is 579 g/mol. The number of rotatable bonds is 7. The number of carbonyl (C=O) groups is 2. The summed E-state index contributed by atoms with van der Waals surface area (Å²) >= 11 is 0.784. The van der Waals surface area contributed by atoms with Crippen molar-refractivity contribution in [1.29, 1.82) is 0 Å². The number of methoxy groups -OCH3 is 1. The summed E-state index contributed by atoms with van der Waals surface area (Å²) in [6.07, 6.45) is 3.07. The quantitative estimate of drug-likeness (QED) is 0.230. The Morgan fingerprint density at radius 2 is 2.00 bits per heavy atom. The van der Waals surface area contributed by atoms with Crippen LogP contribution in [0.2, 0.25) is 0 Å². The molecule has 212 valence electrons. The van der Waals surface area contributed by atoms with E-state index in [-0.39, 0.29) is 33.6 Å². The molecule has 0 spiro atoms. The van der Waals surface area contributed by atoms with Crippen LogP contribution in [0.5, 0.6) is 5.75 Å². The Bertz CT molecular complexity index is 1530. The number of carbonyl (C=O) groups excluding carboxylic acids is 2. The van der Waals surface area contributed by atoms with Crippen molar-refractivity contribution in [3.05, 3.63) is 53.6 Å². The van der Waals surface area contributed by atoms with E-state index in [1.165, 1.54) is 32.6 Å². The van der Waals surface area contributed by atoms with Crippen LogP contribution >= 0.6 is 11.8 Å². The molecule has 2 aliphatic rings. The van der Waals surface area contributed by atoms with Gasteiger partial charge in [-0.05, 0) is 80.5 Å². The molecule has 1 aromatic carbocycles. The molecule has 1 aliphatic heterocycles. The van der Waals surface area contributed by atoms with Crippen LogP contribution in [-0.4, -0.2) is 53.4 Å². The fourth-order valence-corrected chi connectivity index (χ4v) is 4.94. The van der Waals surface area contributed by atoms with Crippen LogP contribution in [0.4, 0.5) is 20.3 Å². The van der Waals surface area contributed by atoms with Crippen LogP contribution < -0.4 is 15.4 Å². The van der Waals surface area contributed by atoms with E-state index >= 15 is 0 Å². The Balaban J connectivity index is 0.00000189. The average Bonchev–Trinajstić information content (AvgIpc) is 3.74. The lowest BCUT2D eigenvalue weighted by molar-refractivity contribution is -0.117. The SMILES string of the molecule is C=Nc1ncc(C#CC2CC2)nc1SC(=O)c1ccc(N2CCCC2=O)cc1-c1cc(C(F)F)ncc1OC.CN. The Kier molecular flexibility index (Phi) is 9.75. The zero-order valence-electron chi connectivity index (χ0n) is 22.6. The summed E-state index contributed by atoms with van der Waals surface area (Å²) in [6.45, 7) is 4.04. The predicted molar refractivity (Wildman–Crippen MR) is 154 cm³/mol. The molecule has 1 saturated heterocycles. The summed E-state index contributed by atoms with van der Waals surface area (Å²) in [5, 5.41) is -0.217. The summed E-state index contributed by atoms with van der Waals surface area (Å²) in [5.41, 5.74) is 5.76. The molecule has 9 nitrogen and oxygen atoms in total.